The second-order valence-electron chi connectivity index (χ2n) is 7.15. The largest absolute Gasteiger partial charge is 0.379 e. The summed E-state index contributed by atoms with van der Waals surface area (Å²) in [6.07, 6.45) is 0. The van der Waals surface area contributed by atoms with Gasteiger partial charge in [-0.1, -0.05) is 11.6 Å². The molecule has 1 amide bonds. The number of halogens is 2. The highest BCUT2D eigenvalue weighted by Crippen LogP contribution is 2.19. The summed E-state index contributed by atoms with van der Waals surface area (Å²) in [5, 5.41) is 7.14. The van der Waals surface area contributed by atoms with Crippen LogP contribution in [0.5, 0.6) is 0 Å². The predicted molar refractivity (Wildman–Crippen MR) is 132 cm³/mol. The Kier molecular flexibility index (Phi) is 11.0. The van der Waals surface area contributed by atoms with Gasteiger partial charge in [-0.3, -0.25) is 14.7 Å². The van der Waals surface area contributed by atoms with Gasteiger partial charge in [-0.15, -0.1) is 24.0 Å². The van der Waals surface area contributed by atoms with Crippen molar-refractivity contribution < 1.29 is 9.53 Å². The van der Waals surface area contributed by atoms with Crippen molar-refractivity contribution in [2.24, 2.45) is 4.99 Å². The Morgan fingerprint density at radius 2 is 1.73 bits per heavy atom. The molecule has 0 aromatic heterocycles. The lowest BCUT2D eigenvalue weighted by molar-refractivity contribution is -0.130. The van der Waals surface area contributed by atoms with Crippen LogP contribution in [-0.2, 0) is 9.53 Å². The van der Waals surface area contributed by atoms with Crippen molar-refractivity contribution in [1.29, 1.82) is 0 Å². The van der Waals surface area contributed by atoms with Crippen molar-refractivity contribution in [2.75, 3.05) is 84.1 Å². The third-order valence-electron chi connectivity index (χ3n) is 5.28. The number of amides is 1. The van der Waals surface area contributed by atoms with Crippen molar-refractivity contribution in [1.82, 2.24) is 20.4 Å². The summed E-state index contributed by atoms with van der Waals surface area (Å²) in [7, 11) is 1.72. The molecule has 0 bridgehead atoms. The van der Waals surface area contributed by atoms with Gasteiger partial charge in [0.2, 0.25) is 5.91 Å². The number of guanidine groups is 1. The van der Waals surface area contributed by atoms with Crippen LogP contribution in [0.2, 0.25) is 5.02 Å². The Morgan fingerprint density at radius 3 is 2.37 bits per heavy atom. The van der Waals surface area contributed by atoms with E-state index in [9.17, 15) is 4.79 Å². The third kappa shape index (κ3) is 7.75. The Bertz CT molecular complexity index is 676. The number of hydrogen-bond donors (Lipinski definition) is 2. The SMILES string of the molecule is CN=C(NCCN1CCOCC1)NCC(=O)N1CCN(c2ccc(Cl)cc2)CC1.I. The Hall–Kier alpha value is -1.30. The van der Waals surface area contributed by atoms with Gasteiger partial charge in [-0.05, 0) is 24.3 Å². The molecule has 10 heteroatoms. The molecule has 168 valence electrons. The van der Waals surface area contributed by atoms with Crippen molar-refractivity contribution in [3.8, 4) is 0 Å². The number of nitrogens with one attached hydrogen (secondary N) is 2. The molecule has 30 heavy (non-hydrogen) atoms. The first-order valence-electron chi connectivity index (χ1n) is 10.2. The van der Waals surface area contributed by atoms with E-state index in [1.54, 1.807) is 7.05 Å². The molecule has 0 aliphatic carbocycles. The molecule has 0 spiro atoms. The Labute approximate surface area is 201 Å². The van der Waals surface area contributed by atoms with Gasteiger partial charge in [0.1, 0.15) is 0 Å². The topological polar surface area (TPSA) is 72.4 Å². The third-order valence-corrected chi connectivity index (χ3v) is 5.53. The molecule has 2 heterocycles. The number of benzene rings is 1. The maximum atomic E-state index is 12.6. The number of morpholine rings is 1. The summed E-state index contributed by atoms with van der Waals surface area (Å²) in [6, 6.07) is 7.84. The van der Waals surface area contributed by atoms with Gasteiger partial charge in [-0.2, -0.15) is 0 Å². The molecule has 2 aliphatic rings. The van der Waals surface area contributed by atoms with Crippen LogP contribution in [0.25, 0.3) is 0 Å². The molecule has 0 radical (unpaired) electrons. The van der Waals surface area contributed by atoms with E-state index in [1.807, 2.05) is 29.2 Å². The summed E-state index contributed by atoms with van der Waals surface area (Å²) < 4.78 is 5.36. The number of hydrogen-bond acceptors (Lipinski definition) is 5. The normalized spacial score (nSPS) is 18.0. The van der Waals surface area contributed by atoms with Crippen molar-refractivity contribution in [2.45, 2.75) is 0 Å². The number of carbonyl (C=O) groups is 1. The molecule has 2 N–H and O–H groups in total. The van der Waals surface area contributed by atoms with Crippen LogP contribution >= 0.6 is 35.6 Å². The molecule has 1 aromatic carbocycles. The van der Waals surface area contributed by atoms with E-state index in [0.29, 0.717) is 19.0 Å². The fourth-order valence-corrected chi connectivity index (χ4v) is 3.64. The molecular formula is C20H32ClIN6O2. The van der Waals surface area contributed by atoms with Gasteiger partial charge in [0, 0.05) is 70.1 Å². The van der Waals surface area contributed by atoms with E-state index < -0.39 is 0 Å². The smallest absolute Gasteiger partial charge is 0.242 e. The quantitative estimate of drug-likeness (QED) is 0.314. The van der Waals surface area contributed by atoms with Crippen LogP contribution in [0.3, 0.4) is 0 Å². The van der Waals surface area contributed by atoms with E-state index in [2.05, 4.69) is 25.4 Å². The molecule has 2 aliphatic heterocycles. The lowest BCUT2D eigenvalue weighted by Crippen LogP contribution is -2.52. The Morgan fingerprint density at radius 1 is 1.07 bits per heavy atom. The van der Waals surface area contributed by atoms with E-state index in [1.165, 1.54) is 0 Å². The maximum absolute atomic E-state index is 12.6. The van der Waals surface area contributed by atoms with Gasteiger partial charge >= 0.3 is 0 Å². The summed E-state index contributed by atoms with van der Waals surface area (Å²) in [5.74, 6) is 0.753. The first-order chi connectivity index (χ1) is 14.2. The molecule has 3 rings (SSSR count). The molecule has 8 nitrogen and oxygen atoms in total. The van der Waals surface area contributed by atoms with Crippen molar-refractivity contribution >= 4 is 53.1 Å². The number of nitrogens with zero attached hydrogens (tertiary/aromatic N) is 4. The van der Waals surface area contributed by atoms with E-state index in [4.69, 9.17) is 16.3 Å². The molecular weight excluding hydrogens is 519 g/mol. The summed E-state index contributed by atoms with van der Waals surface area (Å²) in [5.41, 5.74) is 1.14. The van der Waals surface area contributed by atoms with E-state index in [-0.39, 0.29) is 36.4 Å². The number of anilines is 1. The van der Waals surface area contributed by atoms with Gasteiger partial charge in [-0.25, -0.2) is 0 Å². The highest BCUT2D eigenvalue weighted by molar-refractivity contribution is 14.0. The summed E-state index contributed by atoms with van der Waals surface area (Å²) in [6.45, 7) is 8.57. The molecule has 0 atom stereocenters. The van der Waals surface area contributed by atoms with Crippen LogP contribution < -0.4 is 15.5 Å². The summed E-state index contributed by atoms with van der Waals surface area (Å²) >= 11 is 5.96. The van der Waals surface area contributed by atoms with Crippen LogP contribution in [0.15, 0.2) is 29.3 Å². The zero-order valence-corrected chi connectivity index (χ0v) is 20.6. The number of carbonyl (C=O) groups excluding carboxylic acids is 1. The van der Waals surface area contributed by atoms with Crippen LogP contribution in [0.4, 0.5) is 5.69 Å². The molecule has 0 unspecified atom stereocenters. The van der Waals surface area contributed by atoms with Gasteiger partial charge in [0.25, 0.3) is 0 Å². The molecule has 0 saturated carbocycles. The van der Waals surface area contributed by atoms with Crippen LogP contribution in [-0.4, -0.2) is 101 Å². The fourth-order valence-electron chi connectivity index (χ4n) is 3.51. The molecule has 1 aromatic rings. The number of piperazine rings is 1. The summed E-state index contributed by atoms with van der Waals surface area (Å²) in [4.78, 5) is 23.3. The first-order valence-corrected chi connectivity index (χ1v) is 10.6. The minimum absolute atomic E-state index is 0. The standard InChI is InChI=1S/C20H31ClN6O2.HI/c1-22-20(23-6-7-25-12-14-29-15-13-25)24-16-19(28)27-10-8-26(9-11-27)18-4-2-17(21)3-5-18;/h2-5H,6-16H2,1H3,(H2,22,23,24);1H. The van der Waals surface area contributed by atoms with E-state index in [0.717, 1.165) is 63.2 Å². The van der Waals surface area contributed by atoms with Gasteiger partial charge < -0.3 is 25.2 Å². The van der Waals surface area contributed by atoms with Gasteiger partial charge in [0.05, 0.1) is 19.8 Å². The van der Waals surface area contributed by atoms with E-state index >= 15 is 0 Å². The number of aliphatic imine (C=N–C) groups is 1. The van der Waals surface area contributed by atoms with Crippen LogP contribution in [0, 0.1) is 0 Å². The molecule has 2 fully saturated rings. The van der Waals surface area contributed by atoms with Crippen molar-refractivity contribution in [3.05, 3.63) is 29.3 Å². The second-order valence-corrected chi connectivity index (χ2v) is 7.59. The number of ether oxygens (including phenoxy) is 1. The number of rotatable bonds is 6. The zero-order valence-electron chi connectivity index (χ0n) is 17.5. The molecule has 2 saturated heterocycles. The predicted octanol–water partition coefficient (Wildman–Crippen LogP) is 1.10. The minimum Gasteiger partial charge on any atom is -0.379 e. The monoisotopic (exact) mass is 550 g/mol. The lowest BCUT2D eigenvalue weighted by Gasteiger charge is -2.36. The average Bonchev–Trinajstić information content (AvgIpc) is 2.77. The second kappa shape index (κ2) is 13.2. The van der Waals surface area contributed by atoms with Crippen molar-refractivity contribution in [3.63, 3.8) is 0 Å². The lowest BCUT2D eigenvalue weighted by atomic mass is 10.2. The first kappa shape index (κ1) is 25.0. The minimum atomic E-state index is 0. The average molecular weight is 551 g/mol. The zero-order chi connectivity index (χ0) is 20.5. The van der Waals surface area contributed by atoms with Crippen LogP contribution in [0.1, 0.15) is 0 Å². The van der Waals surface area contributed by atoms with Gasteiger partial charge in [0.15, 0.2) is 5.96 Å². The highest BCUT2D eigenvalue weighted by atomic mass is 127. The fraction of sp³-hybridized carbons (Fsp3) is 0.600. The highest BCUT2D eigenvalue weighted by Gasteiger charge is 2.21. The maximum Gasteiger partial charge on any atom is 0.242 e. The Balaban J connectivity index is 0.00000320.